The second-order valence-electron chi connectivity index (χ2n) is 14.7. The van der Waals surface area contributed by atoms with Gasteiger partial charge in [0.25, 0.3) is 0 Å². The summed E-state index contributed by atoms with van der Waals surface area (Å²) in [6.45, 7) is 20.8. The van der Waals surface area contributed by atoms with Crippen LogP contribution in [0.1, 0.15) is 99.0 Å². The van der Waals surface area contributed by atoms with E-state index in [1.54, 1.807) is 48.5 Å². The van der Waals surface area contributed by atoms with Gasteiger partial charge in [0.05, 0.1) is 17.3 Å². The Morgan fingerprint density at radius 2 is 0.942 bits per heavy atom. The van der Waals surface area contributed by atoms with Crippen LogP contribution in [0.2, 0.25) is 36.3 Å². The maximum absolute atomic E-state index is 14.1. The third-order valence-electron chi connectivity index (χ3n) is 11.3. The minimum absolute atomic E-state index is 0.0311. The maximum atomic E-state index is 14.1. The Morgan fingerprint density at radius 1 is 0.519 bits per heavy atom. The Balaban J connectivity index is 0.000000176. The minimum atomic E-state index is -2.79. The number of fused-ring (bicyclic) bond motifs is 3. The summed E-state index contributed by atoms with van der Waals surface area (Å²) in [6.07, 6.45) is -0.726. The smallest absolute Gasteiger partial charge is 0.228 e. The van der Waals surface area contributed by atoms with Crippen molar-refractivity contribution in [3.05, 3.63) is 87.5 Å². The highest BCUT2D eigenvalue weighted by Crippen LogP contribution is 2.43. The van der Waals surface area contributed by atoms with E-state index in [4.69, 9.17) is 13.3 Å². The summed E-state index contributed by atoms with van der Waals surface area (Å²) in [5.41, 5.74) is -0.0802. The van der Waals surface area contributed by atoms with E-state index in [9.17, 15) is 35.1 Å². The molecule has 0 amide bonds. The molecular formula is C38H50F8O3Si3. The summed E-state index contributed by atoms with van der Waals surface area (Å²) in [5, 5.41) is 1.45. The van der Waals surface area contributed by atoms with E-state index in [2.05, 4.69) is 52.0 Å². The molecule has 52 heavy (non-hydrogen) atoms. The molecule has 1 atom stereocenters. The van der Waals surface area contributed by atoms with Crippen molar-refractivity contribution in [3.8, 4) is 0 Å². The topological polar surface area (TPSA) is 27.7 Å². The fourth-order valence-electron chi connectivity index (χ4n) is 8.44. The molecule has 288 valence electrons. The Kier molecular flexibility index (Phi) is 12.3. The molecule has 0 bridgehead atoms. The van der Waals surface area contributed by atoms with Crippen molar-refractivity contribution in [1.29, 1.82) is 0 Å². The first-order chi connectivity index (χ1) is 24.2. The van der Waals surface area contributed by atoms with Crippen molar-refractivity contribution in [2.75, 3.05) is 0 Å². The first-order valence-electron chi connectivity index (χ1n) is 18.1. The number of rotatable bonds is 6. The lowest BCUT2D eigenvalue weighted by Crippen LogP contribution is -2.48. The van der Waals surface area contributed by atoms with Gasteiger partial charge in [-0.2, -0.15) is 0 Å². The molecular weight excluding hydrogens is 741 g/mol. The van der Waals surface area contributed by atoms with Gasteiger partial charge in [-0.25, -0.2) is 35.1 Å². The lowest BCUT2D eigenvalue weighted by molar-refractivity contribution is 0.108. The van der Waals surface area contributed by atoms with Crippen LogP contribution in [0.15, 0.2) is 24.3 Å². The standard InChI is InChI=1S/C13H16F4OSi.C13H20OSi.C12H14F4OSi/c1-5-19(6-2)12-7(13(3,4)18-19)8(14)9(15)10(16)11(12)17;1-5-15(6-2)12-10-8-7-9-11(12)13(3,4)14-15;1-4-18(5-2)12-7(6(3)17-18)8(13)9(14)10(15)11(12)16/h5-6H2,1-4H3;7-10H,5-6H2,1-4H3;6H,4-5H2,1-3H3. The number of hydrogen-bond donors (Lipinski definition) is 0. The van der Waals surface area contributed by atoms with Gasteiger partial charge in [0.1, 0.15) is 0 Å². The average molecular weight is 791 g/mol. The Bertz CT molecular complexity index is 1820. The summed E-state index contributed by atoms with van der Waals surface area (Å²) in [4.78, 5) is 0. The van der Waals surface area contributed by atoms with Crippen molar-refractivity contribution in [2.45, 2.75) is 130 Å². The molecule has 3 aliphatic heterocycles. The second-order valence-corrected chi connectivity index (χ2v) is 27.1. The molecule has 3 aliphatic rings. The van der Waals surface area contributed by atoms with Crippen LogP contribution in [-0.4, -0.2) is 25.0 Å². The second kappa shape index (κ2) is 15.0. The van der Waals surface area contributed by atoms with Gasteiger partial charge in [0.2, 0.25) is 25.0 Å². The van der Waals surface area contributed by atoms with Crippen LogP contribution in [-0.2, 0) is 24.5 Å². The van der Waals surface area contributed by atoms with Crippen LogP contribution in [0.25, 0.3) is 0 Å². The predicted octanol–water partition coefficient (Wildman–Crippen LogP) is 10.4. The van der Waals surface area contributed by atoms with Gasteiger partial charge in [-0.05, 0) is 81.6 Å². The third kappa shape index (κ3) is 6.56. The van der Waals surface area contributed by atoms with E-state index in [0.717, 1.165) is 0 Å². The number of halogens is 8. The SMILES string of the molecule is CC[Si]1(CC)OC(C)(C)c2c(F)c(F)c(F)c(F)c21.CC[Si]1(CC)OC(C)(C)c2ccccc21.CC[Si]1(CC)OC(C)c2c(F)c(F)c(F)c(F)c21. The molecule has 0 aliphatic carbocycles. The number of benzene rings is 3. The molecule has 0 saturated carbocycles. The Labute approximate surface area is 305 Å². The van der Waals surface area contributed by atoms with Gasteiger partial charge in [-0.15, -0.1) is 0 Å². The van der Waals surface area contributed by atoms with Gasteiger partial charge in [0.15, 0.2) is 46.5 Å². The molecule has 0 saturated heterocycles. The summed E-state index contributed by atoms with van der Waals surface area (Å²) in [5.74, 6) is -12.2. The van der Waals surface area contributed by atoms with Crippen LogP contribution in [0.3, 0.4) is 0 Å². The first kappa shape index (κ1) is 42.4. The fourth-order valence-corrected chi connectivity index (χ4v) is 20.3. The van der Waals surface area contributed by atoms with Crippen LogP contribution in [0.5, 0.6) is 0 Å². The first-order valence-corrected chi connectivity index (χ1v) is 25.0. The third-order valence-corrected chi connectivity index (χ3v) is 24.9. The van der Waals surface area contributed by atoms with Gasteiger partial charge in [-0.3, -0.25) is 0 Å². The summed E-state index contributed by atoms with van der Waals surface area (Å²) in [7, 11) is -7.14. The quantitative estimate of drug-likeness (QED) is 0.108. The normalized spacial score (nSPS) is 20.6. The average Bonchev–Trinajstić information content (AvgIpc) is 3.67. The van der Waals surface area contributed by atoms with Crippen LogP contribution in [0.4, 0.5) is 35.1 Å². The van der Waals surface area contributed by atoms with Gasteiger partial charge in [-0.1, -0.05) is 65.8 Å². The molecule has 3 aromatic rings. The van der Waals surface area contributed by atoms with Crippen LogP contribution >= 0.6 is 0 Å². The zero-order chi connectivity index (χ0) is 39.4. The van der Waals surface area contributed by atoms with Crippen molar-refractivity contribution < 1.29 is 48.4 Å². The molecule has 0 spiro atoms. The molecule has 0 fully saturated rings. The Hall–Kier alpha value is -2.37. The van der Waals surface area contributed by atoms with Gasteiger partial charge in [0, 0.05) is 21.5 Å². The predicted molar refractivity (Wildman–Crippen MR) is 196 cm³/mol. The van der Waals surface area contributed by atoms with Crippen molar-refractivity contribution >= 4 is 40.5 Å². The molecule has 0 N–H and O–H groups in total. The monoisotopic (exact) mass is 790 g/mol. The van der Waals surface area contributed by atoms with Gasteiger partial charge < -0.3 is 13.3 Å². The summed E-state index contributed by atoms with van der Waals surface area (Å²) in [6, 6.07) is 13.1. The van der Waals surface area contributed by atoms with E-state index in [1.165, 1.54) is 22.8 Å². The van der Waals surface area contributed by atoms with E-state index in [-0.39, 0.29) is 27.1 Å². The molecule has 3 nitrogen and oxygen atoms in total. The van der Waals surface area contributed by atoms with Crippen LogP contribution in [0, 0.1) is 46.5 Å². The van der Waals surface area contributed by atoms with E-state index < -0.39 is 83.2 Å². The van der Waals surface area contributed by atoms with Crippen molar-refractivity contribution in [3.63, 3.8) is 0 Å². The summed E-state index contributed by atoms with van der Waals surface area (Å²) < 4.78 is 127. The van der Waals surface area contributed by atoms with E-state index in [0.29, 0.717) is 24.2 Å². The zero-order valence-corrected chi connectivity index (χ0v) is 34.9. The molecule has 0 aromatic heterocycles. The maximum Gasteiger partial charge on any atom is 0.228 e. The minimum Gasteiger partial charge on any atom is -0.406 e. The lowest BCUT2D eigenvalue weighted by Gasteiger charge is -2.28. The van der Waals surface area contributed by atoms with Crippen molar-refractivity contribution in [1.82, 2.24) is 0 Å². The highest BCUT2D eigenvalue weighted by Gasteiger charge is 2.54. The van der Waals surface area contributed by atoms with E-state index in [1.807, 2.05) is 0 Å². The highest BCUT2D eigenvalue weighted by molar-refractivity contribution is 6.88. The molecule has 1 unspecified atom stereocenters. The number of hydrogen-bond acceptors (Lipinski definition) is 3. The van der Waals surface area contributed by atoms with Crippen LogP contribution < -0.4 is 15.6 Å². The van der Waals surface area contributed by atoms with Crippen molar-refractivity contribution in [2.24, 2.45) is 0 Å². The summed E-state index contributed by atoms with van der Waals surface area (Å²) >= 11 is 0. The van der Waals surface area contributed by atoms with E-state index >= 15 is 0 Å². The largest absolute Gasteiger partial charge is 0.406 e. The Morgan fingerprint density at radius 3 is 1.44 bits per heavy atom. The zero-order valence-electron chi connectivity index (χ0n) is 31.9. The molecule has 0 radical (unpaired) electrons. The molecule has 6 rings (SSSR count). The fraction of sp³-hybridized carbons (Fsp3) is 0.526. The molecule has 3 aromatic carbocycles. The molecule has 14 heteroatoms. The van der Waals surface area contributed by atoms with Gasteiger partial charge >= 0.3 is 0 Å². The molecule has 3 heterocycles. The highest BCUT2D eigenvalue weighted by atomic mass is 28.4. The lowest BCUT2D eigenvalue weighted by atomic mass is 9.97.